The second kappa shape index (κ2) is 12.2. The molecule has 0 aliphatic carbocycles. The SMILES string of the molecule is COc1cccc(C(=O)NC2CCN(Cc3ccc4ccc(COCCN(C)C)cc4c3)CC2)c1. The maximum Gasteiger partial charge on any atom is 0.251 e. The molecular formula is C29H37N3O3. The number of nitrogens with one attached hydrogen (secondary N) is 1. The molecule has 0 atom stereocenters. The van der Waals surface area contributed by atoms with E-state index in [0.29, 0.717) is 17.9 Å². The van der Waals surface area contributed by atoms with Crippen LogP contribution in [0, 0.1) is 0 Å². The van der Waals surface area contributed by atoms with Gasteiger partial charge in [-0.2, -0.15) is 0 Å². The third-order valence-corrected chi connectivity index (χ3v) is 6.58. The van der Waals surface area contributed by atoms with E-state index in [-0.39, 0.29) is 11.9 Å². The van der Waals surface area contributed by atoms with Crippen molar-refractivity contribution in [1.82, 2.24) is 15.1 Å². The number of fused-ring (bicyclic) bond motifs is 1. The van der Waals surface area contributed by atoms with Gasteiger partial charge in [-0.15, -0.1) is 0 Å². The largest absolute Gasteiger partial charge is 0.497 e. The fraction of sp³-hybridized carbons (Fsp3) is 0.414. The quantitative estimate of drug-likeness (QED) is 0.443. The number of hydrogen-bond donors (Lipinski definition) is 1. The van der Waals surface area contributed by atoms with Crippen LogP contribution in [0.3, 0.4) is 0 Å². The van der Waals surface area contributed by atoms with Gasteiger partial charge in [0.1, 0.15) is 5.75 Å². The molecule has 1 amide bonds. The highest BCUT2D eigenvalue weighted by molar-refractivity contribution is 5.94. The van der Waals surface area contributed by atoms with Gasteiger partial charge in [0.15, 0.2) is 0 Å². The average Bonchev–Trinajstić information content (AvgIpc) is 2.87. The van der Waals surface area contributed by atoms with Crippen LogP contribution in [-0.2, 0) is 17.9 Å². The Bertz CT molecular complexity index is 1120. The zero-order chi connectivity index (χ0) is 24.6. The fourth-order valence-electron chi connectivity index (χ4n) is 4.50. The summed E-state index contributed by atoms with van der Waals surface area (Å²) >= 11 is 0. The maximum absolute atomic E-state index is 12.6. The molecule has 1 aliphatic heterocycles. The molecule has 6 heteroatoms. The fourth-order valence-corrected chi connectivity index (χ4v) is 4.50. The Labute approximate surface area is 208 Å². The second-order valence-corrected chi connectivity index (χ2v) is 9.63. The van der Waals surface area contributed by atoms with E-state index in [2.05, 4.69) is 65.6 Å². The summed E-state index contributed by atoms with van der Waals surface area (Å²) in [6.07, 6.45) is 1.91. The van der Waals surface area contributed by atoms with Crippen LogP contribution in [0.15, 0.2) is 60.7 Å². The van der Waals surface area contributed by atoms with Crippen LogP contribution in [-0.4, -0.2) is 69.2 Å². The molecule has 6 nitrogen and oxygen atoms in total. The van der Waals surface area contributed by atoms with E-state index in [4.69, 9.17) is 9.47 Å². The van der Waals surface area contributed by atoms with E-state index < -0.39 is 0 Å². The summed E-state index contributed by atoms with van der Waals surface area (Å²) in [5.74, 6) is 0.671. The number of carbonyl (C=O) groups excluding carboxylic acids is 1. The number of piperidine rings is 1. The Balaban J connectivity index is 1.28. The average molecular weight is 476 g/mol. The number of benzene rings is 3. The number of hydrogen-bond acceptors (Lipinski definition) is 5. The number of methoxy groups -OCH3 is 1. The summed E-state index contributed by atoms with van der Waals surface area (Å²) in [5, 5.41) is 5.71. The van der Waals surface area contributed by atoms with Crippen LogP contribution in [0.1, 0.15) is 34.3 Å². The highest BCUT2D eigenvalue weighted by Crippen LogP contribution is 2.21. The number of amides is 1. The summed E-state index contributed by atoms with van der Waals surface area (Å²) in [5.41, 5.74) is 3.17. The van der Waals surface area contributed by atoms with E-state index in [1.54, 1.807) is 13.2 Å². The normalized spacial score (nSPS) is 15.0. The number of nitrogens with zero attached hydrogens (tertiary/aromatic N) is 2. The van der Waals surface area contributed by atoms with Gasteiger partial charge < -0.3 is 19.7 Å². The van der Waals surface area contributed by atoms with E-state index in [9.17, 15) is 4.79 Å². The zero-order valence-electron chi connectivity index (χ0n) is 21.1. The van der Waals surface area contributed by atoms with Crippen LogP contribution in [0.2, 0.25) is 0 Å². The molecule has 0 aromatic heterocycles. The molecular weight excluding hydrogens is 438 g/mol. The Hall–Kier alpha value is -2.93. The number of likely N-dealkylation sites (tertiary alicyclic amines) is 1. The molecule has 0 saturated carbocycles. The van der Waals surface area contributed by atoms with Gasteiger partial charge in [-0.1, -0.05) is 30.3 Å². The number of rotatable bonds is 10. The zero-order valence-corrected chi connectivity index (χ0v) is 21.1. The van der Waals surface area contributed by atoms with Crippen LogP contribution < -0.4 is 10.1 Å². The van der Waals surface area contributed by atoms with Crippen molar-refractivity contribution in [3.8, 4) is 5.75 Å². The first-order chi connectivity index (χ1) is 17.0. The van der Waals surface area contributed by atoms with Crippen LogP contribution in [0.4, 0.5) is 0 Å². The molecule has 1 saturated heterocycles. The molecule has 0 unspecified atom stereocenters. The molecule has 186 valence electrons. The first kappa shape index (κ1) is 25.2. The lowest BCUT2D eigenvalue weighted by molar-refractivity contribution is 0.0908. The molecule has 1 aliphatic rings. The van der Waals surface area contributed by atoms with Gasteiger partial charge >= 0.3 is 0 Å². The maximum atomic E-state index is 12.6. The topological polar surface area (TPSA) is 54.0 Å². The smallest absolute Gasteiger partial charge is 0.251 e. The predicted molar refractivity (Wildman–Crippen MR) is 141 cm³/mol. The Kier molecular flexibility index (Phi) is 8.74. The summed E-state index contributed by atoms with van der Waals surface area (Å²) in [4.78, 5) is 17.2. The summed E-state index contributed by atoms with van der Waals surface area (Å²) in [6, 6.07) is 20.8. The molecule has 0 radical (unpaired) electrons. The molecule has 1 heterocycles. The van der Waals surface area contributed by atoms with E-state index in [0.717, 1.165) is 45.6 Å². The second-order valence-electron chi connectivity index (χ2n) is 9.63. The highest BCUT2D eigenvalue weighted by Gasteiger charge is 2.21. The van der Waals surface area contributed by atoms with Crippen molar-refractivity contribution < 1.29 is 14.3 Å². The first-order valence-electron chi connectivity index (χ1n) is 12.4. The molecule has 1 fully saturated rings. The third-order valence-electron chi connectivity index (χ3n) is 6.58. The van der Waals surface area contributed by atoms with E-state index in [1.165, 1.54) is 21.9 Å². The van der Waals surface area contributed by atoms with Crippen molar-refractivity contribution in [3.63, 3.8) is 0 Å². The first-order valence-corrected chi connectivity index (χ1v) is 12.4. The van der Waals surface area contributed by atoms with Gasteiger partial charge in [0.05, 0.1) is 20.3 Å². The van der Waals surface area contributed by atoms with Crippen LogP contribution in [0.5, 0.6) is 5.75 Å². The van der Waals surface area contributed by atoms with Gasteiger partial charge in [-0.05, 0) is 79.2 Å². The number of carbonyl (C=O) groups is 1. The molecule has 0 spiro atoms. The number of ether oxygens (including phenoxy) is 2. The van der Waals surface area contributed by atoms with Gasteiger partial charge in [0.25, 0.3) is 5.91 Å². The molecule has 3 aromatic rings. The molecule has 3 aromatic carbocycles. The van der Waals surface area contributed by atoms with Crippen molar-refractivity contribution in [2.45, 2.75) is 32.0 Å². The van der Waals surface area contributed by atoms with Crippen LogP contribution >= 0.6 is 0 Å². The molecule has 1 N–H and O–H groups in total. The molecule has 35 heavy (non-hydrogen) atoms. The van der Waals surface area contributed by atoms with Gasteiger partial charge in [-0.25, -0.2) is 0 Å². The third kappa shape index (κ3) is 7.28. The Morgan fingerprint density at radius 3 is 2.49 bits per heavy atom. The van der Waals surface area contributed by atoms with Gasteiger partial charge in [0.2, 0.25) is 0 Å². The van der Waals surface area contributed by atoms with Crippen molar-refractivity contribution in [2.24, 2.45) is 0 Å². The summed E-state index contributed by atoms with van der Waals surface area (Å²) < 4.78 is 11.1. The Morgan fingerprint density at radius 2 is 1.74 bits per heavy atom. The molecule has 4 rings (SSSR count). The van der Waals surface area contributed by atoms with Crippen molar-refractivity contribution >= 4 is 16.7 Å². The van der Waals surface area contributed by atoms with Gasteiger partial charge in [0, 0.05) is 37.8 Å². The Morgan fingerprint density at radius 1 is 1.00 bits per heavy atom. The lowest BCUT2D eigenvalue weighted by atomic mass is 10.0. The number of likely N-dealkylation sites (N-methyl/N-ethyl adjacent to an activating group) is 1. The minimum atomic E-state index is -0.0293. The van der Waals surface area contributed by atoms with E-state index in [1.807, 2.05) is 18.2 Å². The predicted octanol–water partition coefficient (Wildman–Crippen LogP) is 4.32. The highest BCUT2D eigenvalue weighted by atomic mass is 16.5. The van der Waals surface area contributed by atoms with Gasteiger partial charge in [-0.3, -0.25) is 9.69 Å². The lowest BCUT2D eigenvalue weighted by Crippen LogP contribution is -2.44. The lowest BCUT2D eigenvalue weighted by Gasteiger charge is -2.32. The van der Waals surface area contributed by atoms with Crippen molar-refractivity contribution in [3.05, 3.63) is 77.4 Å². The monoisotopic (exact) mass is 475 g/mol. The molecule has 0 bridgehead atoms. The van der Waals surface area contributed by atoms with Crippen molar-refractivity contribution in [2.75, 3.05) is 47.4 Å². The summed E-state index contributed by atoms with van der Waals surface area (Å²) in [6.45, 7) is 5.18. The standard InChI is InChI=1S/C29H37N3O3/c1-31(2)15-16-35-21-23-8-10-24-9-7-22(17-26(24)18-23)20-32-13-11-27(12-14-32)30-29(33)25-5-4-6-28(19-25)34-3/h4-10,17-19,27H,11-16,20-21H2,1-3H3,(H,30,33). The minimum absolute atomic E-state index is 0.0293. The van der Waals surface area contributed by atoms with Crippen molar-refractivity contribution in [1.29, 1.82) is 0 Å². The minimum Gasteiger partial charge on any atom is -0.497 e. The summed E-state index contributed by atoms with van der Waals surface area (Å²) in [7, 11) is 5.73. The van der Waals surface area contributed by atoms with Crippen LogP contribution in [0.25, 0.3) is 10.8 Å². The van der Waals surface area contributed by atoms with E-state index >= 15 is 0 Å².